The van der Waals surface area contributed by atoms with Gasteiger partial charge in [-0.05, 0) is 33.8 Å². The number of rotatable bonds is 4. The van der Waals surface area contributed by atoms with Gasteiger partial charge >= 0.3 is 5.97 Å². The molecule has 0 aliphatic heterocycles. The van der Waals surface area contributed by atoms with Crippen LogP contribution < -0.4 is 4.72 Å². The zero-order valence-electron chi connectivity index (χ0n) is 11.7. The van der Waals surface area contributed by atoms with Crippen LogP contribution in [0.5, 0.6) is 0 Å². The zero-order chi connectivity index (χ0) is 14.8. The quantitative estimate of drug-likeness (QED) is 0.812. The van der Waals surface area contributed by atoms with Crippen molar-refractivity contribution in [2.45, 2.75) is 44.4 Å². The van der Waals surface area contributed by atoms with Crippen LogP contribution >= 0.6 is 0 Å². The first-order valence-electron chi connectivity index (χ1n) is 5.76. The van der Waals surface area contributed by atoms with E-state index in [1.165, 1.54) is 30.9 Å². The number of carbonyl (C=O) groups excluding carboxylic acids is 1. The van der Waals surface area contributed by atoms with E-state index >= 15 is 0 Å². The summed E-state index contributed by atoms with van der Waals surface area (Å²) < 4.78 is 32.6. The fraction of sp³-hybridized carbons (Fsp3) is 0.636. The summed E-state index contributed by atoms with van der Waals surface area (Å²) >= 11 is 0. The van der Waals surface area contributed by atoms with Crippen LogP contribution in [0.15, 0.2) is 17.3 Å². The van der Waals surface area contributed by atoms with Gasteiger partial charge in [-0.15, -0.1) is 0 Å². The lowest BCUT2D eigenvalue weighted by Gasteiger charge is -2.22. The van der Waals surface area contributed by atoms with Crippen LogP contribution in [-0.2, 0) is 26.6 Å². The molecule has 8 heteroatoms. The minimum absolute atomic E-state index is 0.0112. The molecular weight excluding hydrogens is 270 g/mol. The van der Waals surface area contributed by atoms with Crippen molar-refractivity contribution in [1.82, 2.24) is 14.5 Å². The predicted octanol–water partition coefficient (Wildman–Crippen LogP) is 0.429. The number of nitrogens with one attached hydrogen (secondary N) is 1. The third kappa shape index (κ3) is 4.32. The van der Waals surface area contributed by atoms with Crippen LogP contribution in [-0.4, -0.2) is 35.8 Å². The lowest BCUT2D eigenvalue weighted by Crippen LogP contribution is -2.42. The van der Waals surface area contributed by atoms with Crippen molar-refractivity contribution in [2.75, 3.05) is 0 Å². The van der Waals surface area contributed by atoms with E-state index in [4.69, 9.17) is 4.74 Å². The number of ether oxygens (including phenoxy) is 1. The molecule has 0 aliphatic carbocycles. The Morgan fingerprint density at radius 3 is 2.47 bits per heavy atom. The zero-order valence-corrected chi connectivity index (χ0v) is 12.5. The molecule has 1 rings (SSSR count). The van der Waals surface area contributed by atoms with Gasteiger partial charge in [-0.3, -0.25) is 9.48 Å². The van der Waals surface area contributed by atoms with Gasteiger partial charge < -0.3 is 4.74 Å². The molecule has 0 aromatic carbocycles. The van der Waals surface area contributed by atoms with E-state index < -0.39 is 27.6 Å². The van der Waals surface area contributed by atoms with Gasteiger partial charge in [0.2, 0.25) is 0 Å². The summed E-state index contributed by atoms with van der Waals surface area (Å²) in [6.45, 7) is 6.58. The summed E-state index contributed by atoms with van der Waals surface area (Å²) in [7, 11) is -2.29. The number of carbonyl (C=O) groups is 1. The number of sulfonamides is 1. The Hall–Kier alpha value is -1.41. The van der Waals surface area contributed by atoms with Crippen LogP contribution in [0.4, 0.5) is 0 Å². The molecular formula is C11H19N3O4S. The van der Waals surface area contributed by atoms with E-state index in [-0.39, 0.29) is 5.03 Å². The SMILES string of the molecule is C[C@@H](NS(=O)(=O)c1ccnn1C)C(=O)OC(C)(C)C. The first-order valence-corrected chi connectivity index (χ1v) is 7.24. The second-order valence-corrected chi connectivity index (χ2v) is 6.83. The summed E-state index contributed by atoms with van der Waals surface area (Å²) in [4.78, 5) is 11.7. The van der Waals surface area contributed by atoms with Gasteiger partial charge in [0.05, 0.1) is 6.20 Å². The lowest BCUT2D eigenvalue weighted by atomic mass is 10.2. The van der Waals surface area contributed by atoms with Gasteiger partial charge in [0, 0.05) is 7.05 Å². The molecule has 0 aliphatic rings. The molecule has 0 fully saturated rings. The minimum Gasteiger partial charge on any atom is -0.459 e. The van der Waals surface area contributed by atoms with Crippen molar-refractivity contribution in [3.63, 3.8) is 0 Å². The molecule has 1 heterocycles. The molecule has 0 bridgehead atoms. The van der Waals surface area contributed by atoms with Crippen LogP contribution in [0.3, 0.4) is 0 Å². The molecule has 0 saturated carbocycles. The maximum absolute atomic E-state index is 12.0. The third-order valence-electron chi connectivity index (χ3n) is 2.14. The van der Waals surface area contributed by atoms with E-state index in [2.05, 4.69) is 9.82 Å². The summed E-state index contributed by atoms with van der Waals surface area (Å²) in [6.07, 6.45) is 1.37. The second kappa shape index (κ2) is 5.30. The third-order valence-corrected chi connectivity index (χ3v) is 3.76. The standard InChI is InChI=1S/C11H19N3O4S/c1-8(10(15)18-11(2,3)4)13-19(16,17)9-6-7-12-14(9)5/h6-8,13H,1-5H3/t8-/m1/s1. The Morgan fingerprint density at radius 2 is 2.05 bits per heavy atom. The van der Waals surface area contributed by atoms with Crippen LogP contribution in [0.25, 0.3) is 0 Å². The Morgan fingerprint density at radius 1 is 1.47 bits per heavy atom. The van der Waals surface area contributed by atoms with Crippen molar-refractivity contribution in [2.24, 2.45) is 7.05 Å². The van der Waals surface area contributed by atoms with Crippen molar-refractivity contribution in [3.05, 3.63) is 12.3 Å². The van der Waals surface area contributed by atoms with Crippen LogP contribution in [0, 0.1) is 0 Å². The molecule has 0 amide bonds. The molecule has 0 unspecified atom stereocenters. The van der Waals surface area contributed by atoms with E-state index in [0.29, 0.717) is 0 Å². The number of aryl methyl sites for hydroxylation is 1. The molecule has 1 aromatic rings. The molecule has 1 N–H and O–H groups in total. The predicted molar refractivity (Wildman–Crippen MR) is 68.8 cm³/mol. The average Bonchev–Trinajstić information content (AvgIpc) is 2.61. The molecule has 0 saturated heterocycles. The largest absolute Gasteiger partial charge is 0.459 e. The average molecular weight is 289 g/mol. The van der Waals surface area contributed by atoms with Crippen LogP contribution in [0.2, 0.25) is 0 Å². The first kappa shape index (κ1) is 15.6. The summed E-state index contributed by atoms with van der Waals surface area (Å²) in [6, 6.07) is 0.378. The van der Waals surface area contributed by atoms with Gasteiger partial charge in [0.1, 0.15) is 11.6 Å². The topological polar surface area (TPSA) is 90.3 Å². The van der Waals surface area contributed by atoms with E-state index in [1.54, 1.807) is 20.8 Å². The fourth-order valence-corrected chi connectivity index (χ4v) is 2.67. The summed E-state index contributed by atoms with van der Waals surface area (Å²) in [5.74, 6) is -0.627. The van der Waals surface area contributed by atoms with E-state index in [9.17, 15) is 13.2 Å². The van der Waals surface area contributed by atoms with Crippen molar-refractivity contribution in [3.8, 4) is 0 Å². The van der Waals surface area contributed by atoms with Gasteiger partial charge in [-0.2, -0.15) is 9.82 Å². The molecule has 7 nitrogen and oxygen atoms in total. The van der Waals surface area contributed by atoms with Crippen LogP contribution in [0.1, 0.15) is 27.7 Å². The normalized spacial score (nSPS) is 14.2. The Balaban J connectivity index is 2.80. The Labute approximate surface area is 113 Å². The van der Waals surface area contributed by atoms with E-state index in [0.717, 1.165) is 0 Å². The van der Waals surface area contributed by atoms with Crippen molar-refractivity contribution >= 4 is 16.0 Å². The number of aromatic nitrogens is 2. The monoisotopic (exact) mass is 289 g/mol. The Kier molecular flexibility index (Phi) is 4.36. The van der Waals surface area contributed by atoms with Crippen molar-refractivity contribution in [1.29, 1.82) is 0 Å². The Bertz CT molecular complexity index is 557. The van der Waals surface area contributed by atoms with Gasteiger partial charge in [0.15, 0.2) is 5.03 Å². The van der Waals surface area contributed by atoms with Gasteiger partial charge in [-0.25, -0.2) is 8.42 Å². The smallest absolute Gasteiger partial charge is 0.324 e. The number of esters is 1. The first-order chi connectivity index (χ1) is 8.53. The molecule has 19 heavy (non-hydrogen) atoms. The summed E-state index contributed by atoms with van der Waals surface area (Å²) in [5, 5.41) is 3.76. The molecule has 1 aromatic heterocycles. The lowest BCUT2D eigenvalue weighted by molar-refractivity contribution is -0.156. The molecule has 108 valence electrons. The highest BCUT2D eigenvalue weighted by atomic mass is 32.2. The fourth-order valence-electron chi connectivity index (χ4n) is 1.36. The van der Waals surface area contributed by atoms with Gasteiger partial charge in [-0.1, -0.05) is 0 Å². The highest BCUT2D eigenvalue weighted by Gasteiger charge is 2.27. The molecule has 1 atom stereocenters. The summed E-state index contributed by atoms with van der Waals surface area (Å²) in [5.41, 5.74) is -0.663. The number of nitrogens with zero attached hydrogens (tertiary/aromatic N) is 2. The number of hydrogen-bond donors (Lipinski definition) is 1. The number of hydrogen-bond acceptors (Lipinski definition) is 5. The molecule has 0 spiro atoms. The van der Waals surface area contributed by atoms with Crippen molar-refractivity contribution < 1.29 is 17.9 Å². The highest BCUT2D eigenvalue weighted by molar-refractivity contribution is 7.89. The molecule has 0 radical (unpaired) electrons. The maximum atomic E-state index is 12.0. The minimum atomic E-state index is -3.80. The maximum Gasteiger partial charge on any atom is 0.324 e. The van der Waals surface area contributed by atoms with Gasteiger partial charge in [0.25, 0.3) is 10.0 Å². The van der Waals surface area contributed by atoms with E-state index in [1.807, 2.05) is 0 Å². The highest BCUT2D eigenvalue weighted by Crippen LogP contribution is 2.11. The second-order valence-electron chi connectivity index (χ2n) is 5.17.